The summed E-state index contributed by atoms with van der Waals surface area (Å²) in [5, 5.41) is 10.8. The molecule has 1 N–H and O–H groups in total. The number of Topliss-reactive ketones (excluding diaryl/α,β-unsaturated/α-hetero) is 1. The fourth-order valence-corrected chi connectivity index (χ4v) is 5.09. The number of hydrogen-bond acceptors (Lipinski definition) is 7. The zero-order valence-corrected chi connectivity index (χ0v) is 16.1. The molecule has 1 aliphatic carbocycles. The monoisotopic (exact) mass is 395 g/mol. The third kappa shape index (κ3) is 3.08. The normalized spacial score (nSPS) is 18.8. The Morgan fingerprint density at radius 3 is 3.04 bits per heavy atom. The number of nitrogens with zero attached hydrogens (tertiary/aromatic N) is 4. The van der Waals surface area contributed by atoms with Crippen molar-refractivity contribution in [3.8, 4) is 0 Å². The van der Waals surface area contributed by atoms with Crippen LogP contribution in [0.15, 0.2) is 58.3 Å². The minimum Gasteiger partial charge on any atom is -0.328 e. The first-order valence-electron chi connectivity index (χ1n) is 8.85. The molecule has 0 bridgehead atoms. The number of rotatable bonds is 4. The zero-order valence-electron chi connectivity index (χ0n) is 14.5. The molecule has 4 heterocycles. The van der Waals surface area contributed by atoms with Gasteiger partial charge in [0.2, 0.25) is 11.1 Å². The van der Waals surface area contributed by atoms with Crippen LogP contribution in [0.1, 0.15) is 35.9 Å². The number of anilines is 1. The molecule has 5 rings (SSSR count). The van der Waals surface area contributed by atoms with E-state index < -0.39 is 0 Å². The first-order valence-corrected chi connectivity index (χ1v) is 10.7. The van der Waals surface area contributed by atoms with Crippen molar-refractivity contribution in [2.24, 2.45) is 0 Å². The van der Waals surface area contributed by atoms with Gasteiger partial charge in [0, 0.05) is 34.5 Å². The molecule has 27 heavy (non-hydrogen) atoms. The topological polar surface area (TPSA) is 72.7 Å². The summed E-state index contributed by atoms with van der Waals surface area (Å²) >= 11 is 3.21. The molecule has 2 aliphatic rings. The number of carbonyl (C=O) groups is 1. The number of nitrogens with one attached hydrogen (secondary N) is 1. The maximum Gasteiger partial charge on any atom is 0.227 e. The number of thioether (sulfide) groups is 1. The van der Waals surface area contributed by atoms with Gasteiger partial charge in [-0.1, -0.05) is 23.9 Å². The summed E-state index contributed by atoms with van der Waals surface area (Å²) in [5.41, 5.74) is 2.85. The Labute approximate surface area is 164 Å². The molecule has 0 saturated heterocycles. The molecule has 1 aliphatic heterocycles. The van der Waals surface area contributed by atoms with Gasteiger partial charge in [-0.25, -0.2) is 4.68 Å². The molecule has 6 nitrogen and oxygen atoms in total. The molecule has 3 aromatic rings. The van der Waals surface area contributed by atoms with Gasteiger partial charge in [0.15, 0.2) is 5.78 Å². The van der Waals surface area contributed by atoms with E-state index in [9.17, 15) is 4.79 Å². The Bertz CT molecular complexity index is 1010. The van der Waals surface area contributed by atoms with E-state index in [0.29, 0.717) is 23.3 Å². The Morgan fingerprint density at radius 1 is 1.26 bits per heavy atom. The lowest BCUT2D eigenvalue weighted by Crippen LogP contribution is -2.31. The number of carbonyl (C=O) groups excluding carboxylic acids is 1. The van der Waals surface area contributed by atoms with E-state index in [1.165, 1.54) is 0 Å². The van der Waals surface area contributed by atoms with E-state index >= 15 is 0 Å². The minimum absolute atomic E-state index is 0.180. The van der Waals surface area contributed by atoms with E-state index in [-0.39, 0.29) is 11.8 Å². The molecule has 0 spiro atoms. The van der Waals surface area contributed by atoms with Crippen LogP contribution >= 0.6 is 23.1 Å². The summed E-state index contributed by atoms with van der Waals surface area (Å²) in [7, 11) is 0. The first-order chi connectivity index (χ1) is 13.3. The quantitative estimate of drug-likeness (QED) is 0.672. The second-order valence-electron chi connectivity index (χ2n) is 6.48. The van der Waals surface area contributed by atoms with Gasteiger partial charge in [-0.05, 0) is 36.4 Å². The average molecular weight is 396 g/mol. The number of aromatic nitrogens is 4. The number of pyridine rings is 1. The summed E-state index contributed by atoms with van der Waals surface area (Å²) in [5.74, 6) is 1.64. The van der Waals surface area contributed by atoms with Crippen molar-refractivity contribution in [1.29, 1.82) is 0 Å². The first kappa shape index (κ1) is 16.7. The minimum atomic E-state index is -0.180. The second-order valence-corrected chi connectivity index (χ2v) is 8.41. The summed E-state index contributed by atoms with van der Waals surface area (Å²) in [6.07, 6.45) is 4.16. The Hall–Kier alpha value is -2.45. The van der Waals surface area contributed by atoms with Crippen LogP contribution in [0.4, 0.5) is 5.95 Å². The summed E-state index contributed by atoms with van der Waals surface area (Å²) in [6, 6.07) is 9.79. The Balaban J connectivity index is 1.50. The van der Waals surface area contributed by atoms with E-state index in [1.54, 1.807) is 29.3 Å². The largest absolute Gasteiger partial charge is 0.328 e. The van der Waals surface area contributed by atoms with Gasteiger partial charge >= 0.3 is 0 Å². The van der Waals surface area contributed by atoms with Gasteiger partial charge in [0.1, 0.15) is 6.04 Å². The molecule has 8 heteroatoms. The van der Waals surface area contributed by atoms with Crippen LogP contribution in [-0.4, -0.2) is 25.5 Å². The predicted octanol–water partition coefficient (Wildman–Crippen LogP) is 4.05. The fraction of sp³-hybridized carbons (Fsp3) is 0.263. The number of ketones is 1. The molecule has 1 atom stereocenters. The van der Waals surface area contributed by atoms with Gasteiger partial charge in [0.25, 0.3) is 0 Å². The van der Waals surface area contributed by atoms with Crippen LogP contribution in [0, 0.1) is 0 Å². The van der Waals surface area contributed by atoms with Crippen LogP contribution in [-0.2, 0) is 10.5 Å². The maximum absolute atomic E-state index is 12.7. The number of fused-ring (bicyclic) bond motifs is 1. The van der Waals surface area contributed by atoms with Crippen molar-refractivity contribution in [2.45, 2.75) is 36.2 Å². The summed E-state index contributed by atoms with van der Waals surface area (Å²) in [4.78, 5) is 22.8. The number of thiophene rings is 1. The summed E-state index contributed by atoms with van der Waals surface area (Å²) < 4.78 is 1.87. The Morgan fingerprint density at radius 2 is 2.22 bits per heavy atom. The molecular formula is C19H17N5OS2. The maximum atomic E-state index is 12.7. The molecule has 0 fully saturated rings. The van der Waals surface area contributed by atoms with Crippen LogP contribution in [0.25, 0.3) is 0 Å². The van der Waals surface area contributed by atoms with Gasteiger partial charge in [-0.15, -0.1) is 16.4 Å². The summed E-state index contributed by atoms with van der Waals surface area (Å²) in [6.45, 7) is 0. The van der Waals surface area contributed by atoms with Crippen LogP contribution < -0.4 is 5.32 Å². The lowest BCUT2D eigenvalue weighted by Gasteiger charge is -2.31. The fourth-order valence-electron chi connectivity index (χ4n) is 3.53. The smallest absolute Gasteiger partial charge is 0.227 e. The number of allylic oxidation sites excluding steroid dienone is 2. The lowest BCUT2D eigenvalue weighted by molar-refractivity contribution is -0.116. The van der Waals surface area contributed by atoms with Crippen molar-refractivity contribution >= 4 is 34.8 Å². The van der Waals surface area contributed by atoms with Crippen molar-refractivity contribution < 1.29 is 4.79 Å². The van der Waals surface area contributed by atoms with Crippen LogP contribution in [0.3, 0.4) is 0 Å². The second kappa shape index (κ2) is 6.94. The Kier molecular flexibility index (Phi) is 4.29. The lowest BCUT2D eigenvalue weighted by atomic mass is 9.88. The standard InChI is InChI=1S/C19H17N5OS2/c25-14-7-3-6-13-16(14)17(15-8-4-10-26-15)24-18(21-13)22-19(23-24)27-11-12-5-1-2-9-20-12/h1-2,4-5,8-10,17H,3,6-7,11H2,(H,21,22,23)/t17-/m0/s1. The van der Waals surface area contributed by atoms with Crippen LogP contribution in [0.2, 0.25) is 0 Å². The SMILES string of the molecule is O=C1CCCC2=C1[C@H](c1cccs1)n1nc(SCc3ccccn3)nc1N2. The van der Waals surface area contributed by atoms with E-state index in [2.05, 4.69) is 21.4 Å². The van der Waals surface area contributed by atoms with Crippen molar-refractivity contribution in [3.05, 3.63) is 63.7 Å². The van der Waals surface area contributed by atoms with E-state index in [0.717, 1.165) is 34.7 Å². The van der Waals surface area contributed by atoms with Gasteiger partial charge in [-0.2, -0.15) is 4.98 Å². The molecule has 0 radical (unpaired) electrons. The highest BCUT2D eigenvalue weighted by molar-refractivity contribution is 7.98. The zero-order chi connectivity index (χ0) is 18.2. The van der Waals surface area contributed by atoms with Crippen molar-refractivity contribution in [2.75, 3.05) is 5.32 Å². The van der Waals surface area contributed by atoms with Crippen molar-refractivity contribution in [3.63, 3.8) is 0 Å². The highest BCUT2D eigenvalue weighted by atomic mass is 32.2. The highest BCUT2D eigenvalue weighted by Gasteiger charge is 2.37. The third-order valence-electron chi connectivity index (χ3n) is 4.74. The molecule has 0 amide bonds. The van der Waals surface area contributed by atoms with E-state index in [4.69, 9.17) is 5.10 Å². The molecule has 3 aromatic heterocycles. The average Bonchev–Trinajstić information content (AvgIpc) is 3.35. The molecule has 0 saturated carbocycles. The van der Waals surface area contributed by atoms with E-state index in [1.807, 2.05) is 34.3 Å². The molecule has 0 aromatic carbocycles. The highest BCUT2D eigenvalue weighted by Crippen LogP contribution is 2.41. The molecular weight excluding hydrogens is 378 g/mol. The third-order valence-corrected chi connectivity index (χ3v) is 6.53. The van der Waals surface area contributed by atoms with Gasteiger partial charge < -0.3 is 5.32 Å². The molecule has 0 unspecified atom stereocenters. The predicted molar refractivity (Wildman–Crippen MR) is 106 cm³/mol. The molecule has 136 valence electrons. The van der Waals surface area contributed by atoms with Gasteiger partial charge in [0.05, 0.1) is 5.69 Å². The van der Waals surface area contributed by atoms with Gasteiger partial charge in [-0.3, -0.25) is 9.78 Å². The van der Waals surface area contributed by atoms with Crippen LogP contribution in [0.5, 0.6) is 0 Å². The number of hydrogen-bond donors (Lipinski definition) is 1. The van der Waals surface area contributed by atoms with Crippen molar-refractivity contribution in [1.82, 2.24) is 19.7 Å².